The number of anilines is 2. The minimum absolute atomic E-state index is 0.103. The van der Waals surface area contributed by atoms with E-state index in [-0.39, 0.29) is 6.10 Å². The van der Waals surface area contributed by atoms with Gasteiger partial charge in [-0.05, 0) is 49.8 Å². The molecule has 0 aliphatic heterocycles. The molecular weight excluding hydrogens is 252 g/mol. The van der Waals surface area contributed by atoms with Gasteiger partial charge >= 0.3 is 0 Å². The van der Waals surface area contributed by atoms with E-state index >= 15 is 0 Å². The lowest BCUT2D eigenvalue weighted by molar-refractivity contribution is 0.111. The molecule has 4 N–H and O–H groups in total. The monoisotopic (exact) mass is 272 g/mol. The Kier molecular flexibility index (Phi) is 3.69. The van der Waals surface area contributed by atoms with Crippen LogP contribution in [0.1, 0.15) is 25.7 Å². The number of aliphatic hydroxyl groups is 1. The minimum Gasteiger partial charge on any atom is -0.399 e. The minimum atomic E-state index is -0.103. The molecule has 1 aliphatic rings. The van der Waals surface area contributed by atoms with Gasteiger partial charge in [0.05, 0.1) is 11.6 Å². The summed E-state index contributed by atoms with van der Waals surface area (Å²) in [7, 11) is 0. The first kappa shape index (κ1) is 13.1. The summed E-state index contributed by atoms with van der Waals surface area (Å²) in [6.45, 7) is 0.892. The largest absolute Gasteiger partial charge is 0.399 e. The van der Waals surface area contributed by atoms with Gasteiger partial charge in [-0.25, -0.2) is 9.97 Å². The Balaban J connectivity index is 1.71. The summed E-state index contributed by atoms with van der Waals surface area (Å²) in [5.74, 6) is 1.47. The van der Waals surface area contributed by atoms with Crippen LogP contribution in [0.4, 0.5) is 11.5 Å². The van der Waals surface area contributed by atoms with Gasteiger partial charge in [0, 0.05) is 17.6 Å². The second kappa shape index (κ2) is 5.63. The fourth-order valence-electron chi connectivity index (χ4n) is 2.80. The number of aliphatic hydroxyl groups excluding tert-OH is 1. The second-order valence-corrected chi connectivity index (χ2v) is 5.55. The molecule has 0 bridgehead atoms. The van der Waals surface area contributed by atoms with Crippen LogP contribution >= 0.6 is 0 Å². The molecule has 0 atom stereocenters. The van der Waals surface area contributed by atoms with E-state index in [1.54, 1.807) is 6.33 Å². The van der Waals surface area contributed by atoms with Gasteiger partial charge in [0.1, 0.15) is 12.1 Å². The fraction of sp³-hybridized carbons (Fsp3) is 0.467. The van der Waals surface area contributed by atoms with Gasteiger partial charge in [0.2, 0.25) is 0 Å². The summed E-state index contributed by atoms with van der Waals surface area (Å²) in [5, 5.41) is 13.9. The van der Waals surface area contributed by atoms with Crippen molar-refractivity contribution in [3.8, 4) is 0 Å². The van der Waals surface area contributed by atoms with E-state index in [9.17, 15) is 5.11 Å². The lowest BCUT2D eigenvalue weighted by atomic mass is 9.87. The third kappa shape index (κ3) is 2.82. The van der Waals surface area contributed by atoms with Crippen molar-refractivity contribution in [2.24, 2.45) is 5.92 Å². The van der Waals surface area contributed by atoms with Crippen molar-refractivity contribution in [1.82, 2.24) is 9.97 Å². The van der Waals surface area contributed by atoms with Gasteiger partial charge in [-0.2, -0.15) is 0 Å². The van der Waals surface area contributed by atoms with Crippen LogP contribution in [0.15, 0.2) is 24.5 Å². The number of fused-ring (bicyclic) bond motifs is 1. The number of nitrogens with zero attached hydrogens (tertiary/aromatic N) is 2. The van der Waals surface area contributed by atoms with Crippen LogP contribution in [-0.4, -0.2) is 27.7 Å². The molecule has 1 aromatic carbocycles. The van der Waals surface area contributed by atoms with Crippen LogP contribution in [0.25, 0.3) is 10.9 Å². The van der Waals surface area contributed by atoms with Crippen molar-refractivity contribution in [3.05, 3.63) is 24.5 Å². The van der Waals surface area contributed by atoms with Gasteiger partial charge < -0.3 is 16.2 Å². The van der Waals surface area contributed by atoms with Gasteiger partial charge in [0.25, 0.3) is 0 Å². The number of aromatic nitrogens is 2. The van der Waals surface area contributed by atoms with E-state index in [0.717, 1.165) is 48.9 Å². The maximum Gasteiger partial charge on any atom is 0.137 e. The molecule has 1 aliphatic carbocycles. The molecule has 0 spiro atoms. The second-order valence-electron chi connectivity index (χ2n) is 5.55. The summed E-state index contributed by atoms with van der Waals surface area (Å²) >= 11 is 0. The highest BCUT2D eigenvalue weighted by molar-refractivity contribution is 5.90. The van der Waals surface area contributed by atoms with Crippen LogP contribution in [0.2, 0.25) is 0 Å². The van der Waals surface area contributed by atoms with Crippen molar-refractivity contribution in [3.63, 3.8) is 0 Å². The number of nitrogens with one attached hydrogen (secondary N) is 1. The van der Waals surface area contributed by atoms with Crippen molar-refractivity contribution >= 4 is 22.4 Å². The van der Waals surface area contributed by atoms with Crippen LogP contribution in [-0.2, 0) is 0 Å². The Labute approximate surface area is 118 Å². The Morgan fingerprint density at radius 3 is 2.80 bits per heavy atom. The Hall–Kier alpha value is -1.88. The molecule has 0 amide bonds. The van der Waals surface area contributed by atoms with Crippen LogP contribution in [0.5, 0.6) is 0 Å². The zero-order chi connectivity index (χ0) is 13.9. The zero-order valence-electron chi connectivity index (χ0n) is 11.4. The Morgan fingerprint density at radius 1 is 1.20 bits per heavy atom. The lowest BCUT2D eigenvalue weighted by Gasteiger charge is -2.25. The average Bonchev–Trinajstić information content (AvgIpc) is 2.46. The quantitative estimate of drug-likeness (QED) is 0.746. The third-order valence-corrected chi connectivity index (χ3v) is 4.04. The predicted octanol–water partition coefficient (Wildman–Crippen LogP) is 2.17. The highest BCUT2D eigenvalue weighted by Gasteiger charge is 2.19. The molecule has 20 heavy (non-hydrogen) atoms. The van der Waals surface area contributed by atoms with Crippen LogP contribution in [0, 0.1) is 5.92 Å². The predicted molar refractivity (Wildman–Crippen MR) is 80.4 cm³/mol. The number of rotatable bonds is 3. The molecule has 106 valence electrons. The molecule has 1 fully saturated rings. The summed E-state index contributed by atoms with van der Waals surface area (Å²) in [6, 6.07) is 5.69. The SMILES string of the molecule is Nc1ccc2c(NCC3CCC(O)CC3)ncnc2c1. The summed E-state index contributed by atoms with van der Waals surface area (Å²) in [5.41, 5.74) is 7.35. The maximum atomic E-state index is 9.53. The van der Waals surface area contributed by atoms with Crippen molar-refractivity contribution in [2.75, 3.05) is 17.6 Å². The van der Waals surface area contributed by atoms with E-state index < -0.39 is 0 Å². The van der Waals surface area contributed by atoms with E-state index in [4.69, 9.17) is 5.73 Å². The Bertz CT molecular complexity index is 593. The smallest absolute Gasteiger partial charge is 0.137 e. The molecular formula is C15H20N4O. The number of hydrogen-bond donors (Lipinski definition) is 3. The molecule has 0 saturated heterocycles. The molecule has 0 unspecified atom stereocenters. The highest BCUT2D eigenvalue weighted by Crippen LogP contribution is 2.26. The molecule has 2 aromatic rings. The molecule has 0 radical (unpaired) electrons. The van der Waals surface area contributed by atoms with E-state index in [1.807, 2.05) is 18.2 Å². The van der Waals surface area contributed by atoms with Gasteiger partial charge in [-0.3, -0.25) is 0 Å². The summed E-state index contributed by atoms with van der Waals surface area (Å²) in [4.78, 5) is 8.57. The molecule has 1 heterocycles. The number of hydrogen-bond acceptors (Lipinski definition) is 5. The molecule has 3 rings (SSSR count). The first-order valence-corrected chi connectivity index (χ1v) is 7.14. The lowest BCUT2D eigenvalue weighted by Crippen LogP contribution is -2.23. The highest BCUT2D eigenvalue weighted by atomic mass is 16.3. The summed E-state index contributed by atoms with van der Waals surface area (Å²) < 4.78 is 0. The van der Waals surface area contributed by atoms with Crippen LogP contribution < -0.4 is 11.1 Å². The normalized spacial score (nSPS) is 22.9. The first-order chi connectivity index (χ1) is 9.72. The summed E-state index contributed by atoms with van der Waals surface area (Å²) in [6.07, 6.45) is 5.43. The van der Waals surface area contributed by atoms with Gasteiger partial charge in [-0.15, -0.1) is 0 Å². The van der Waals surface area contributed by atoms with Gasteiger partial charge in [0.15, 0.2) is 0 Å². The molecule has 5 heteroatoms. The maximum absolute atomic E-state index is 9.53. The van der Waals surface area contributed by atoms with Gasteiger partial charge in [-0.1, -0.05) is 0 Å². The fourth-order valence-corrected chi connectivity index (χ4v) is 2.80. The number of nitrogens with two attached hydrogens (primary N) is 1. The molecule has 5 nitrogen and oxygen atoms in total. The zero-order valence-corrected chi connectivity index (χ0v) is 11.4. The van der Waals surface area contributed by atoms with E-state index in [1.165, 1.54) is 0 Å². The number of benzene rings is 1. The van der Waals surface area contributed by atoms with Crippen LogP contribution in [0.3, 0.4) is 0 Å². The average molecular weight is 272 g/mol. The van der Waals surface area contributed by atoms with Crippen molar-refractivity contribution in [2.45, 2.75) is 31.8 Å². The van der Waals surface area contributed by atoms with E-state index in [0.29, 0.717) is 11.6 Å². The topological polar surface area (TPSA) is 84.1 Å². The number of nitrogen functional groups attached to an aromatic ring is 1. The molecule has 1 aromatic heterocycles. The first-order valence-electron chi connectivity index (χ1n) is 7.14. The van der Waals surface area contributed by atoms with Crippen molar-refractivity contribution < 1.29 is 5.11 Å². The van der Waals surface area contributed by atoms with Crippen molar-refractivity contribution in [1.29, 1.82) is 0 Å². The molecule has 1 saturated carbocycles. The standard InChI is InChI=1S/C15H20N4O/c16-11-3-6-13-14(7-11)18-9-19-15(13)17-8-10-1-4-12(20)5-2-10/h3,6-7,9-10,12,20H,1-2,4-5,8,16H2,(H,17,18,19). The Morgan fingerprint density at radius 2 is 2.00 bits per heavy atom. The third-order valence-electron chi connectivity index (χ3n) is 4.04. The van der Waals surface area contributed by atoms with E-state index in [2.05, 4.69) is 15.3 Å².